The highest BCUT2D eigenvalue weighted by Crippen LogP contribution is 2.26. The number of benzene rings is 1. The molecule has 0 radical (unpaired) electrons. The Labute approximate surface area is 189 Å². The van der Waals surface area contributed by atoms with Crippen molar-refractivity contribution in [2.45, 2.75) is 48.4 Å². The molecular weight excluding hydrogens is 454 g/mol. The summed E-state index contributed by atoms with van der Waals surface area (Å²) in [5.74, 6) is -0.219. The van der Waals surface area contributed by atoms with Crippen LogP contribution in [0.25, 0.3) is 0 Å². The van der Waals surface area contributed by atoms with E-state index in [0.29, 0.717) is 22.7 Å². The minimum atomic E-state index is -3.59. The van der Waals surface area contributed by atoms with Crippen molar-refractivity contribution in [1.82, 2.24) is 19.7 Å². The van der Waals surface area contributed by atoms with E-state index in [2.05, 4.69) is 27.1 Å². The maximum atomic E-state index is 12.8. The Bertz CT molecular complexity index is 1180. The molecule has 1 aromatic carbocycles. The maximum absolute atomic E-state index is 12.8. The van der Waals surface area contributed by atoms with Crippen molar-refractivity contribution >= 4 is 44.0 Å². The number of amides is 1. The van der Waals surface area contributed by atoms with Gasteiger partial charge in [-0.2, -0.15) is 0 Å². The molecule has 1 atom stereocenters. The number of hydrogen-bond donors (Lipinski definition) is 1. The number of carbonyl (C=O) groups is 1. The van der Waals surface area contributed by atoms with Gasteiger partial charge in [0.05, 0.1) is 15.8 Å². The zero-order valence-corrected chi connectivity index (χ0v) is 19.9. The highest BCUT2D eigenvalue weighted by Gasteiger charge is 2.24. The molecular formula is C20H23N5O3S3. The van der Waals surface area contributed by atoms with Gasteiger partial charge in [-0.25, -0.2) is 13.4 Å². The monoisotopic (exact) mass is 477 g/mol. The van der Waals surface area contributed by atoms with Crippen molar-refractivity contribution in [1.29, 1.82) is 0 Å². The molecule has 1 amide bonds. The third-order valence-electron chi connectivity index (χ3n) is 4.30. The fourth-order valence-corrected chi connectivity index (χ4v) is 5.49. The van der Waals surface area contributed by atoms with Crippen LogP contribution in [0.4, 0.5) is 5.13 Å². The van der Waals surface area contributed by atoms with Gasteiger partial charge in [0.1, 0.15) is 11.6 Å². The highest BCUT2D eigenvalue weighted by atomic mass is 32.2. The number of anilines is 1. The van der Waals surface area contributed by atoms with Crippen LogP contribution in [0.5, 0.6) is 0 Å². The molecule has 0 spiro atoms. The van der Waals surface area contributed by atoms with E-state index in [-0.39, 0.29) is 16.6 Å². The van der Waals surface area contributed by atoms with Crippen molar-refractivity contribution in [2.24, 2.45) is 0 Å². The van der Waals surface area contributed by atoms with Gasteiger partial charge in [0.25, 0.3) is 0 Å². The first kappa shape index (κ1) is 23.2. The average molecular weight is 478 g/mol. The molecule has 0 aliphatic rings. The molecule has 0 bridgehead atoms. The zero-order chi connectivity index (χ0) is 22.6. The molecule has 3 aromatic rings. The first-order chi connectivity index (χ1) is 14.7. The van der Waals surface area contributed by atoms with Crippen molar-refractivity contribution in [3.05, 3.63) is 59.4 Å². The standard InChI is InChI=1S/C20H23N5O3S3/c1-5-10-25-17(12-31(27,28)16-8-6-13(2)7-9-16)23-24-20(25)30-15(4)18(26)22-19-21-14(3)11-29-19/h5-9,11,15H,1,10,12H2,2-4H3,(H,21,22,26). The van der Waals surface area contributed by atoms with E-state index < -0.39 is 15.1 Å². The summed E-state index contributed by atoms with van der Waals surface area (Å²) < 4.78 is 27.3. The minimum absolute atomic E-state index is 0.221. The molecule has 3 rings (SSSR count). The van der Waals surface area contributed by atoms with E-state index in [1.54, 1.807) is 41.8 Å². The summed E-state index contributed by atoms with van der Waals surface area (Å²) in [6.07, 6.45) is 1.64. The lowest BCUT2D eigenvalue weighted by Crippen LogP contribution is -2.23. The Hall–Kier alpha value is -2.50. The Kier molecular flexibility index (Phi) is 7.29. The van der Waals surface area contributed by atoms with E-state index in [4.69, 9.17) is 0 Å². The second kappa shape index (κ2) is 9.75. The summed E-state index contributed by atoms with van der Waals surface area (Å²) in [5.41, 5.74) is 1.82. The van der Waals surface area contributed by atoms with E-state index in [9.17, 15) is 13.2 Å². The summed E-state index contributed by atoms with van der Waals surface area (Å²) in [7, 11) is -3.59. The summed E-state index contributed by atoms with van der Waals surface area (Å²) in [4.78, 5) is 17.0. The molecule has 0 aliphatic heterocycles. The molecule has 1 unspecified atom stereocenters. The summed E-state index contributed by atoms with van der Waals surface area (Å²) in [6.45, 7) is 9.56. The minimum Gasteiger partial charge on any atom is -0.301 e. The topological polar surface area (TPSA) is 107 Å². The summed E-state index contributed by atoms with van der Waals surface area (Å²) >= 11 is 2.56. The van der Waals surface area contributed by atoms with Crippen LogP contribution in [0.3, 0.4) is 0 Å². The van der Waals surface area contributed by atoms with Crippen LogP contribution in [0.2, 0.25) is 0 Å². The quantitative estimate of drug-likeness (QED) is 0.370. The van der Waals surface area contributed by atoms with Gasteiger partial charge in [-0.3, -0.25) is 4.79 Å². The van der Waals surface area contributed by atoms with Crippen LogP contribution in [0.1, 0.15) is 24.0 Å². The Morgan fingerprint density at radius 3 is 2.61 bits per heavy atom. The highest BCUT2D eigenvalue weighted by molar-refractivity contribution is 8.00. The van der Waals surface area contributed by atoms with Gasteiger partial charge in [-0.1, -0.05) is 35.5 Å². The molecule has 2 aromatic heterocycles. The largest absolute Gasteiger partial charge is 0.301 e. The van der Waals surface area contributed by atoms with E-state index in [1.165, 1.54) is 23.1 Å². The summed E-state index contributed by atoms with van der Waals surface area (Å²) in [6, 6.07) is 6.68. The molecule has 2 heterocycles. The van der Waals surface area contributed by atoms with Crippen LogP contribution in [-0.4, -0.2) is 39.3 Å². The van der Waals surface area contributed by atoms with Crippen molar-refractivity contribution in [3.63, 3.8) is 0 Å². The second-order valence-corrected chi connectivity index (χ2v) is 11.1. The van der Waals surface area contributed by atoms with Gasteiger partial charge >= 0.3 is 0 Å². The number of hydrogen-bond acceptors (Lipinski definition) is 8. The van der Waals surface area contributed by atoms with Gasteiger partial charge in [0.2, 0.25) is 5.91 Å². The normalized spacial score (nSPS) is 12.5. The Morgan fingerprint density at radius 2 is 2.00 bits per heavy atom. The van der Waals surface area contributed by atoms with Gasteiger partial charge in [0, 0.05) is 11.9 Å². The number of aromatic nitrogens is 4. The van der Waals surface area contributed by atoms with Crippen LogP contribution in [0.15, 0.2) is 52.4 Å². The number of thiazole rings is 1. The molecule has 8 nitrogen and oxygen atoms in total. The Morgan fingerprint density at radius 1 is 1.29 bits per heavy atom. The van der Waals surface area contributed by atoms with Crippen LogP contribution < -0.4 is 5.32 Å². The van der Waals surface area contributed by atoms with E-state index in [0.717, 1.165) is 11.3 Å². The number of allylic oxidation sites excluding steroid dienone is 1. The lowest BCUT2D eigenvalue weighted by Gasteiger charge is -2.12. The first-order valence-corrected chi connectivity index (χ1v) is 12.8. The predicted octanol–water partition coefficient (Wildman–Crippen LogP) is 3.63. The number of sulfone groups is 1. The van der Waals surface area contributed by atoms with Gasteiger partial charge in [0.15, 0.2) is 20.1 Å². The third-order valence-corrected chi connectivity index (χ3v) is 7.89. The van der Waals surface area contributed by atoms with Crippen LogP contribution in [0, 0.1) is 13.8 Å². The molecule has 1 N–H and O–H groups in total. The SMILES string of the molecule is C=CCn1c(CS(=O)(=O)c2ccc(C)cc2)nnc1SC(C)C(=O)Nc1nc(C)cs1. The predicted molar refractivity (Wildman–Crippen MR) is 123 cm³/mol. The van der Waals surface area contributed by atoms with Crippen molar-refractivity contribution in [3.8, 4) is 0 Å². The van der Waals surface area contributed by atoms with Crippen molar-refractivity contribution in [2.75, 3.05) is 5.32 Å². The molecule has 0 saturated carbocycles. The van der Waals surface area contributed by atoms with Crippen molar-refractivity contribution < 1.29 is 13.2 Å². The number of thioether (sulfide) groups is 1. The smallest absolute Gasteiger partial charge is 0.239 e. The molecule has 0 aliphatic carbocycles. The lowest BCUT2D eigenvalue weighted by molar-refractivity contribution is -0.115. The molecule has 31 heavy (non-hydrogen) atoms. The Balaban J connectivity index is 1.77. The number of rotatable bonds is 9. The fourth-order valence-electron chi connectivity index (χ4n) is 2.65. The first-order valence-electron chi connectivity index (χ1n) is 9.41. The third kappa shape index (κ3) is 5.81. The van der Waals surface area contributed by atoms with Crippen LogP contribution >= 0.6 is 23.1 Å². The summed E-state index contributed by atoms with van der Waals surface area (Å²) in [5, 5.41) is 13.4. The van der Waals surface area contributed by atoms with Gasteiger partial charge in [-0.05, 0) is 32.9 Å². The number of nitrogens with zero attached hydrogens (tertiary/aromatic N) is 4. The number of nitrogens with one attached hydrogen (secondary N) is 1. The molecule has 0 fully saturated rings. The number of carbonyl (C=O) groups excluding carboxylic acids is 1. The fraction of sp³-hybridized carbons (Fsp3) is 0.300. The lowest BCUT2D eigenvalue weighted by atomic mass is 10.2. The second-order valence-electron chi connectivity index (χ2n) is 6.91. The van der Waals surface area contributed by atoms with E-state index >= 15 is 0 Å². The van der Waals surface area contributed by atoms with Gasteiger partial charge < -0.3 is 9.88 Å². The zero-order valence-electron chi connectivity index (χ0n) is 17.4. The number of aryl methyl sites for hydroxylation is 2. The molecule has 164 valence electrons. The van der Waals surface area contributed by atoms with Crippen LogP contribution in [-0.2, 0) is 26.9 Å². The molecule has 11 heteroatoms. The average Bonchev–Trinajstić information content (AvgIpc) is 3.28. The van der Waals surface area contributed by atoms with E-state index in [1.807, 2.05) is 19.2 Å². The maximum Gasteiger partial charge on any atom is 0.239 e. The van der Waals surface area contributed by atoms with Gasteiger partial charge in [-0.15, -0.1) is 28.1 Å². The molecule has 0 saturated heterocycles.